The Kier molecular flexibility index (Phi) is 7.30. The summed E-state index contributed by atoms with van der Waals surface area (Å²) in [6.45, 7) is 1.45. The minimum absolute atomic E-state index is 0.00243. The van der Waals surface area contributed by atoms with E-state index in [-0.39, 0.29) is 6.42 Å². The van der Waals surface area contributed by atoms with Gasteiger partial charge in [-0.3, -0.25) is 19.2 Å². The van der Waals surface area contributed by atoms with Gasteiger partial charge in [-0.05, 0) is 16.3 Å². The third kappa shape index (κ3) is 5.31. The van der Waals surface area contributed by atoms with E-state index in [0.29, 0.717) is 0 Å². The van der Waals surface area contributed by atoms with Crippen LogP contribution >= 0.6 is 0 Å². The zero-order chi connectivity index (χ0) is 21.6. The Hall–Kier alpha value is -3.42. The van der Waals surface area contributed by atoms with E-state index in [4.69, 9.17) is 5.73 Å². The van der Waals surface area contributed by atoms with Crippen molar-refractivity contribution in [1.29, 1.82) is 0 Å². The molecule has 8 nitrogen and oxygen atoms in total. The summed E-state index contributed by atoms with van der Waals surface area (Å²) in [5.74, 6) is -5.46. The number of hydrogen-bond acceptors (Lipinski definition) is 6. The van der Waals surface area contributed by atoms with Crippen LogP contribution in [-0.4, -0.2) is 44.0 Å². The first kappa shape index (κ1) is 21.9. The number of carbonyl (C=O) groups excluding carboxylic acids is 4. The highest BCUT2D eigenvalue weighted by molar-refractivity contribution is 5.97. The summed E-state index contributed by atoms with van der Waals surface area (Å²) in [6.07, 6.45) is 0.00243. The Morgan fingerprint density at radius 1 is 0.966 bits per heavy atom. The standard InChI is InChI=1S/C21H24N2O6/c1-12(17(20(26)28-2)21(27)29-3)18(19(22)25)23-16(24)11-13-8-9-14-6-4-5-7-15(14)10-13/h4-10,12,17-18H,11H2,1-3H3,(H2,22,25)(H,23,24)/t12-,18-/m1/s1. The summed E-state index contributed by atoms with van der Waals surface area (Å²) in [4.78, 5) is 48.4. The molecular weight excluding hydrogens is 376 g/mol. The van der Waals surface area contributed by atoms with E-state index in [1.165, 1.54) is 6.92 Å². The fourth-order valence-corrected chi connectivity index (χ4v) is 3.19. The van der Waals surface area contributed by atoms with Gasteiger partial charge in [-0.1, -0.05) is 49.4 Å². The first-order valence-corrected chi connectivity index (χ1v) is 9.00. The average molecular weight is 400 g/mol. The van der Waals surface area contributed by atoms with Crippen LogP contribution in [0.1, 0.15) is 12.5 Å². The number of primary amides is 1. The maximum atomic E-state index is 12.5. The number of amides is 2. The van der Waals surface area contributed by atoms with E-state index in [1.807, 2.05) is 42.5 Å². The van der Waals surface area contributed by atoms with Gasteiger partial charge in [-0.25, -0.2) is 0 Å². The molecule has 3 N–H and O–H groups in total. The molecule has 0 saturated carbocycles. The van der Waals surface area contributed by atoms with Gasteiger partial charge in [-0.2, -0.15) is 0 Å². The molecule has 2 amide bonds. The maximum absolute atomic E-state index is 12.5. The van der Waals surface area contributed by atoms with Gasteiger partial charge in [0.15, 0.2) is 5.92 Å². The quantitative estimate of drug-likeness (QED) is 0.502. The largest absolute Gasteiger partial charge is 0.468 e. The third-order valence-electron chi connectivity index (χ3n) is 4.76. The van der Waals surface area contributed by atoms with Crippen molar-refractivity contribution in [3.8, 4) is 0 Å². The molecule has 0 heterocycles. The first-order valence-electron chi connectivity index (χ1n) is 9.00. The second-order valence-corrected chi connectivity index (χ2v) is 6.69. The van der Waals surface area contributed by atoms with Crippen molar-refractivity contribution in [2.75, 3.05) is 14.2 Å². The molecule has 0 aliphatic heterocycles. The zero-order valence-electron chi connectivity index (χ0n) is 16.5. The monoisotopic (exact) mass is 400 g/mol. The molecule has 154 valence electrons. The van der Waals surface area contributed by atoms with Crippen LogP contribution in [0.3, 0.4) is 0 Å². The minimum atomic E-state index is -1.40. The second-order valence-electron chi connectivity index (χ2n) is 6.69. The number of ether oxygens (including phenoxy) is 2. The molecule has 2 aromatic rings. The fraction of sp³-hybridized carbons (Fsp3) is 0.333. The molecule has 2 aromatic carbocycles. The Morgan fingerprint density at radius 3 is 2.10 bits per heavy atom. The molecule has 0 saturated heterocycles. The lowest BCUT2D eigenvalue weighted by atomic mass is 9.86. The molecule has 29 heavy (non-hydrogen) atoms. The average Bonchev–Trinajstić information content (AvgIpc) is 2.71. The van der Waals surface area contributed by atoms with Crippen LogP contribution in [0.5, 0.6) is 0 Å². The summed E-state index contributed by atoms with van der Waals surface area (Å²) < 4.78 is 9.25. The second kappa shape index (κ2) is 9.68. The summed E-state index contributed by atoms with van der Waals surface area (Å²) in [5, 5.41) is 4.54. The van der Waals surface area contributed by atoms with Crippen molar-refractivity contribution in [2.24, 2.45) is 17.6 Å². The molecule has 2 rings (SSSR count). The van der Waals surface area contributed by atoms with Crippen molar-refractivity contribution in [3.63, 3.8) is 0 Å². The molecule has 0 radical (unpaired) electrons. The number of benzene rings is 2. The normalized spacial score (nSPS) is 12.8. The lowest BCUT2D eigenvalue weighted by Crippen LogP contribution is -2.53. The van der Waals surface area contributed by atoms with Gasteiger partial charge in [0, 0.05) is 5.92 Å². The van der Waals surface area contributed by atoms with Crippen molar-refractivity contribution in [1.82, 2.24) is 5.32 Å². The number of rotatable bonds is 8. The Labute approximate surface area is 168 Å². The van der Waals surface area contributed by atoms with Crippen LogP contribution in [0.2, 0.25) is 0 Å². The van der Waals surface area contributed by atoms with Crippen molar-refractivity contribution < 1.29 is 28.7 Å². The van der Waals surface area contributed by atoms with E-state index in [2.05, 4.69) is 14.8 Å². The highest BCUT2D eigenvalue weighted by atomic mass is 16.5. The Balaban J connectivity index is 2.17. The van der Waals surface area contributed by atoms with Gasteiger partial charge < -0.3 is 20.5 Å². The van der Waals surface area contributed by atoms with Crippen LogP contribution in [0, 0.1) is 11.8 Å². The topological polar surface area (TPSA) is 125 Å². The van der Waals surface area contributed by atoms with Crippen LogP contribution < -0.4 is 11.1 Å². The molecule has 0 spiro atoms. The number of esters is 2. The molecular formula is C21H24N2O6. The Bertz CT molecular complexity index is 910. The molecule has 0 aliphatic rings. The number of nitrogens with two attached hydrogens (primary N) is 1. The van der Waals surface area contributed by atoms with E-state index in [1.54, 1.807) is 0 Å². The van der Waals surface area contributed by atoms with Crippen LogP contribution in [-0.2, 0) is 35.1 Å². The highest BCUT2D eigenvalue weighted by Crippen LogP contribution is 2.20. The first-order chi connectivity index (χ1) is 13.8. The van der Waals surface area contributed by atoms with Crippen LogP contribution in [0.25, 0.3) is 10.8 Å². The number of carbonyl (C=O) groups is 4. The SMILES string of the molecule is COC(=O)C(C(=O)OC)[C@@H](C)[C@@H](NC(=O)Cc1ccc2ccccc2c1)C(N)=O. The summed E-state index contributed by atoms with van der Waals surface area (Å²) >= 11 is 0. The van der Waals surface area contributed by atoms with Gasteiger partial charge in [0.2, 0.25) is 11.8 Å². The van der Waals surface area contributed by atoms with Gasteiger partial charge in [0.05, 0.1) is 20.6 Å². The predicted molar refractivity (Wildman–Crippen MR) is 105 cm³/mol. The van der Waals surface area contributed by atoms with Crippen molar-refractivity contribution in [3.05, 3.63) is 48.0 Å². The van der Waals surface area contributed by atoms with Crippen molar-refractivity contribution >= 4 is 34.5 Å². The van der Waals surface area contributed by atoms with Crippen LogP contribution in [0.15, 0.2) is 42.5 Å². The third-order valence-corrected chi connectivity index (χ3v) is 4.76. The zero-order valence-corrected chi connectivity index (χ0v) is 16.5. The number of hydrogen-bond donors (Lipinski definition) is 2. The number of methoxy groups -OCH3 is 2. The van der Waals surface area contributed by atoms with Crippen LogP contribution in [0.4, 0.5) is 0 Å². The Morgan fingerprint density at radius 2 is 1.55 bits per heavy atom. The van der Waals surface area contributed by atoms with E-state index >= 15 is 0 Å². The molecule has 0 aromatic heterocycles. The van der Waals surface area contributed by atoms with E-state index in [9.17, 15) is 19.2 Å². The van der Waals surface area contributed by atoms with Gasteiger partial charge >= 0.3 is 11.9 Å². The highest BCUT2D eigenvalue weighted by Gasteiger charge is 2.41. The maximum Gasteiger partial charge on any atom is 0.320 e. The predicted octanol–water partition coefficient (Wildman–Crippen LogP) is 0.951. The van der Waals surface area contributed by atoms with Gasteiger partial charge in [-0.15, -0.1) is 0 Å². The van der Waals surface area contributed by atoms with E-state index < -0.39 is 41.6 Å². The lowest BCUT2D eigenvalue weighted by Gasteiger charge is -2.26. The molecule has 8 heteroatoms. The molecule has 0 fully saturated rings. The lowest BCUT2D eigenvalue weighted by molar-refractivity contribution is -0.162. The fourth-order valence-electron chi connectivity index (χ4n) is 3.19. The summed E-state index contributed by atoms with van der Waals surface area (Å²) in [5.41, 5.74) is 6.16. The van der Waals surface area contributed by atoms with Gasteiger partial charge in [0.1, 0.15) is 6.04 Å². The molecule has 0 unspecified atom stereocenters. The number of nitrogens with one attached hydrogen (secondary N) is 1. The molecule has 0 bridgehead atoms. The molecule has 0 aliphatic carbocycles. The van der Waals surface area contributed by atoms with Gasteiger partial charge in [0.25, 0.3) is 0 Å². The minimum Gasteiger partial charge on any atom is -0.468 e. The number of fused-ring (bicyclic) bond motifs is 1. The smallest absolute Gasteiger partial charge is 0.320 e. The summed E-state index contributed by atoms with van der Waals surface area (Å²) in [6, 6.07) is 12.1. The van der Waals surface area contributed by atoms with Crippen molar-refractivity contribution in [2.45, 2.75) is 19.4 Å². The molecule has 2 atom stereocenters. The van der Waals surface area contributed by atoms with E-state index in [0.717, 1.165) is 30.6 Å². The summed E-state index contributed by atoms with van der Waals surface area (Å²) in [7, 11) is 2.23.